The molecule has 1 saturated heterocycles. The summed E-state index contributed by atoms with van der Waals surface area (Å²) in [5.74, 6) is 0.371. The van der Waals surface area contributed by atoms with E-state index in [-0.39, 0.29) is 24.1 Å². The normalized spacial score (nSPS) is 33.6. The zero-order valence-corrected chi connectivity index (χ0v) is 13.3. The molecule has 0 N–H and O–H groups in total. The molecule has 1 aromatic carbocycles. The van der Waals surface area contributed by atoms with Crippen LogP contribution in [0.1, 0.15) is 31.7 Å². The van der Waals surface area contributed by atoms with Gasteiger partial charge in [0.1, 0.15) is 5.82 Å². The molecule has 0 aromatic heterocycles. The van der Waals surface area contributed by atoms with Gasteiger partial charge in [0.2, 0.25) is 0 Å². The Bertz CT molecular complexity index is 583. The molecule has 4 atom stereocenters. The number of halogens is 2. The molecule has 5 heteroatoms. The van der Waals surface area contributed by atoms with Crippen molar-refractivity contribution in [3.8, 4) is 6.07 Å². The number of fused-ring (bicyclic) bond motifs is 2. The highest BCUT2D eigenvalue weighted by atomic mass is 35.5. The van der Waals surface area contributed by atoms with E-state index in [0.29, 0.717) is 35.4 Å². The third kappa shape index (κ3) is 2.86. The quantitative estimate of drug-likeness (QED) is 0.838. The van der Waals surface area contributed by atoms with Crippen LogP contribution in [-0.4, -0.2) is 18.3 Å². The summed E-state index contributed by atoms with van der Waals surface area (Å²) >= 11 is 6.04. The van der Waals surface area contributed by atoms with Crippen LogP contribution in [0.2, 0.25) is 5.02 Å². The Morgan fingerprint density at radius 1 is 1.55 bits per heavy atom. The first-order valence-corrected chi connectivity index (χ1v) is 7.96. The molecule has 0 spiro atoms. The molecule has 1 aliphatic carbocycles. The van der Waals surface area contributed by atoms with E-state index in [1.165, 1.54) is 6.07 Å². The van der Waals surface area contributed by atoms with Crippen molar-refractivity contribution < 1.29 is 13.9 Å². The summed E-state index contributed by atoms with van der Waals surface area (Å²) in [6, 6.07) is 6.88. The molecule has 0 radical (unpaired) electrons. The lowest BCUT2D eigenvalue weighted by Gasteiger charge is -2.39. The van der Waals surface area contributed by atoms with E-state index in [0.717, 1.165) is 12.8 Å². The van der Waals surface area contributed by atoms with Gasteiger partial charge in [-0.05, 0) is 43.7 Å². The van der Waals surface area contributed by atoms with Gasteiger partial charge in [0.05, 0.1) is 31.0 Å². The molecule has 1 saturated carbocycles. The van der Waals surface area contributed by atoms with E-state index in [1.807, 2.05) is 6.92 Å². The van der Waals surface area contributed by atoms with Crippen LogP contribution < -0.4 is 0 Å². The smallest absolute Gasteiger partial charge is 0.130 e. The Balaban J connectivity index is 1.72. The van der Waals surface area contributed by atoms with Crippen LogP contribution in [0, 0.1) is 29.0 Å². The van der Waals surface area contributed by atoms with Crippen LogP contribution in [0.4, 0.5) is 4.39 Å². The zero-order chi connectivity index (χ0) is 15.7. The largest absolute Gasteiger partial charge is 0.372 e. The van der Waals surface area contributed by atoms with E-state index >= 15 is 0 Å². The second-order valence-corrected chi connectivity index (χ2v) is 6.85. The molecule has 2 fully saturated rings. The van der Waals surface area contributed by atoms with Gasteiger partial charge in [0, 0.05) is 17.0 Å². The van der Waals surface area contributed by atoms with Crippen LogP contribution in [0.15, 0.2) is 18.2 Å². The summed E-state index contributed by atoms with van der Waals surface area (Å²) in [7, 11) is 0. The highest BCUT2D eigenvalue weighted by Gasteiger charge is 2.51. The van der Waals surface area contributed by atoms with E-state index in [9.17, 15) is 4.39 Å². The molecule has 2 bridgehead atoms. The van der Waals surface area contributed by atoms with Crippen molar-refractivity contribution in [1.29, 1.82) is 5.26 Å². The average molecular weight is 324 g/mol. The van der Waals surface area contributed by atoms with Crippen molar-refractivity contribution >= 4 is 11.6 Å². The monoisotopic (exact) mass is 323 g/mol. The molecule has 4 unspecified atom stereocenters. The first-order valence-electron chi connectivity index (χ1n) is 7.59. The number of hydrogen-bond donors (Lipinski definition) is 0. The van der Waals surface area contributed by atoms with Gasteiger partial charge in [-0.2, -0.15) is 5.26 Å². The van der Waals surface area contributed by atoms with Gasteiger partial charge in [0.25, 0.3) is 0 Å². The van der Waals surface area contributed by atoms with Gasteiger partial charge in [-0.15, -0.1) is 0 Å². The molecule has 3 nitrogen and oxygen atoms in total. The molecule has 1 aliphatic heterocycles. The first kappa shape index (κ1) is 15.7. The SMILES string of the molecule is CC12CC(CO1)C(CC#N)CC2OCc1c(F)cccc1Cl. The van der Waals surface area contributed by atoms with Crippen molar-refractivity contribution in [3.63, 3.8) is 0 Å². The van der Waals surface area contributed by atoms with E-state index in [4.69, 9.17) is 26.3 Å². The van der Waals surface area contributed by atoms with Gasteiger partial charge >= 0.3 is 0 Å². The number of rotatable bonds is 4. The van der Waals surface area contributed by atoms with Gasteiger partial charge in [-0.25, -0.2) is 4.39 Å². The second kappa shape index (κ2) is 6.16. The summed E-state index contributed by atoms with van der Waals surface area (Å²) in [6.45, 7) is 2.85. The van der Waals surface area contributed by atoms with Crippen LogP contribution in [-0.2, 0) is 16.1 Å². The van der Waals surface area contributed by atoms with Crippen molar-refractivity contribution in [2.45, 2.75) is 44.5 Å². The Hall–Kier alpha value is -1.15. The van der Waals surface area contributed by atoms with Crippen molar-refractivity contribution in [2.75, 3.05) is 6.61 Å². The maximum atomic E-state index is 13.8. The topological polar surface area (TPSA) is 42.2 Å². The van der Waals surface area contributed by atoms with E-state index in [2.05, 4.69) is 6.07 Å². The predicted octanol–water partition coefficient (Wildman–Crippen LogP) is 4.09. The molecular formula is C17H19ClFNO2. The van der Waals surface area contributed by atoms with Gasteiger partial charge in [-0.3, -0.25) is 0 Å². The van der Waals surface area contributed by atoms with Crippen LogP contribution >= 0.6 is 11.6 Å². The summed E-state index contributed by atoms with van der Waals surface area (Å²) in [5, 5.41) is 9.35. The summed E-state index contributed by atoms with van der Waals surface area (Å²) in [6.07, 6.45) is 2.06. The Labute approximate surface area is 135 Å². The minimum atomic E-state index is -0.354. The Morgan fingerprint density at radius 2 is 2.36 bits per heavy atom. The zero-order valence-electron chi connectivity index (χ0n) is 12.5. The average Bonchev–Trinajstić information content (AvgIpc) is 2.82. The third-order valence-electron chi connectivity index (χ3n) is 5.00. The minimum absolute atomic E-state index is 0.124. The molecule has 0 amide bonds. The van der Waals surface area contributed by atoms with Crippen LogP contribution in [0.5, 0.6) is 0 Å². The molecule has 3 rings (SSSR count). The number of nitriles is 1. The molecule has 1 heterocycles. The van der Waals surface area contributed by atoms with Crippen molar-refractivity contribution in [3.05, 3.63) is 34.6 Å². The van der Waals surface area contributed by atoms with E-state index in [1.54, 1.807) is 12.1 Å². The Morgan fingerprint density at radius 3 is 3.09 bits per heavy atom. The molecule has 1 aromatic rings. The fourth-order valence-corrected chi connectivity index (χ4v) is 3.86. The molecular weight excluding hydrogens is 305 g/mol. The fraction of sp³-hybridized carbons (Fsp3) is 0.588. The summed E-state index contributed by atoms with van der Waals surface area (Å²) in [5.41, 5.74) is 0.0404. The van der Waals surface area contributed by atoms with Crippen molar-refractivity contribution in [2.24, 2.45) is 11.8 Å². The number of hydrogen-bond acceptors (Lipinski definition) is 3. The van der Waals surface area contributed by atoms with Crippen LogP contribution in [0.3, 0.4) is 0 Å². The second-order valence-electron chi connectivity index (χ2n) is 6.45. The number of benzene rings is 1. The van der Waals surface area contributed by atoms with Gasteiger partial charge in [0.15, 0.2) is 0 Å². The highest BCUT2D eigenvalue weighted by Crippen LogP contribution is 2.47. The summed E-state index contributed by atoms with van der Waals surface area (Å²) in [4.78, 5) is 0. The Kier molecular flexibility index (Phi) is 4.40. The van der Waals surface area contributed by atoms with Gasteiger partial charge < -0.3 is 9.47 Å². The molecule has 22 heavy (non-hydrogen) atoms. The lowest BCUT2D eigenvalue weighted by atomic mass is 9.72. The summed E-state index contributed by atoms with van der Waals surface area (Å²) < 4.78 is 25.8. The fourth-order valence-electron chi connectivity index (χ4n) is 3.65. The maximum absolute atomic E-state index is 13.8. The lowest BCUT2D eigenvalue weighted by molar-refractivity contribution is -0.124. The molecule has 2 aliphatic rings. The maximum Gasteiger partial charge on any atom is 0.130 e. The minimum Gasteiger partial charge on any atom is -0.372 e. The number of ether oxygens (including phenoxy) is 2. The van der Waals surface area contributed by atoms with Gasteiger partial charge in [-0.1, -0.05) is 17.7 Å². The standard InChI is InChI=1S/C17H19ClFNO2/c1-17-8-12(9-22-17)11(5-6-20)7-16(17)21-10-13-14(18)3-2-4-15(13)19/h2-4,11-12,16H,5,7-10H2,1H3. The van der Waals surface area contributed by atoms with Crippen LogP contribution in [0.25, 0.3) is 0 Å². The predicted molar refractivity (Wildman–Crippen MR) is 80.8 cm³/mol. The number of nitrogens with zero attached hydrogens (tertiary/aromatic N) is 1. The van der Waals surface area contributed by atoms with Crippen molar-refractivity contribution in [1.82, 2.24) is 0 Å². The molecule has 118 valence electrons. The highest BCUT2D eigenvalue weighted by molar-refractivity contribution is 6.31. The van der Waals surface area contributed by atoms with E-state index < -0.39 is 0 Å². The lowest BCUT2D eigenvalue weighted by Crippen LogP contribution is -2.45. The third-order valence-corrected chi connectivity index (χ3v) is 5.36. The first-order chi connectivity index (χ1) is 10.5.